The number of hydrogen-bond acceptors (Lipinski definition) is 2. The molecule has 0 radical (unpaired) electrons. The predicted molar refractivity (Wildman–Crippen MR) is 88.8 cm³/mol. The fraction of sp³-hybridized carbons (Fsp3) is 0. The summed E-state index contributed by atoms with van der Waals surface area (Å²) < 4.78 is 0.762. The molecule has 1 heterocycles. The Balaban J connectivity index is 1.87. The highest BCUT2D eigenvalue weighted by Crippen LogP contribution is 2.24. The maximum absolute atomic E-state index is 12.2. The fourth-order valence-electron chi connectivity index (χ4n) is 1.99. The van der Waals surface area contributed by atoms with Gasteiger partial charge in [0.2, 0.25) is 0 Å². The van der Waals surface area contributed by atoms with Crippen LogP contribution in [0.25, 0.3) is 10.9 Å². The van der Waals surface area contributed by atoms with Crippen molar-refractivity contribution >= 4 is 50.0 Å². The molecule has 0 atom stereocenters. The normalized spacial score (nSPS) is 10.6. The smallest absolute Gasteiger partial charge is 0.255 e. The maximum Gasteiger partial charge on any atom is 0.255 e. The number of benzene rings is 2. The fourth-order valence-corrected chi connectivity index (χ4v) is 2.42. The lowest BCUT2D eigenvalue weighted by molar-refractivity contribution is 0.102. The highest BCUT2D eigenvalue weighted by molar-refractivity contribution is 9.10. The van der Waals surface area contributed by atoms with Crippen LogP contribution >= 0.6 is 27.5 Å². The zero-order chi connectivity index (χ0) is 14.8. The Labute approximate surface area is 135 Å². The van der Waals surface area contributed by atoms with Gasteiger partial charge >= 0.3 is 0 Å². The van der Waals surface area contributed by atoms with Gasteiger partial charge in [0.1, 0.15) is 0 Å². The summed E-state index contributed by atoms with van der Waals surface area (Å²) in [5.41, 5.74) is 2.12. The van der Waals surface area contributed by atoms with Gasteiger partial charge in [-0.2, -0.15) is 0 Å². The number of hydrogen-bond donors (Lipinski definition) is 1. The number of aromatic nitrogens is 1. The molecule has 0 aliphatic rings. The van der Waals surface area contributed by atoms with E-state index in [0.717, 1.165) is 21.1 Å². The molecule has 3 aromatic rings. The van der Waals surface area contributed by atoms with Crippen LogP contribution in [0.1, 0.15) is 10.4 Å². The molecule has 1 N–H and O–H groups in total. The van der Waals surface area contributed by atoms with E-state index in [2.05, 4.69) is 26.2 Å². The van der Waals surface area contributed by atoms with Gasteiger partial charge in [-0.25, -0.2) is 0 Å². The van der Waals surface area contributed by atoms with Crippen LogP contribution in [0.3, 0.4) is 0 Å². The molecule has 0 aliphatic carbocycles. The number of nitrogens with one attached hydrogen (secondary N) is 1. The van der Waals surface area contributed by atoms with Crippen LogP contribution in [-0.2, 0) is 0 Å². The van der Waals surface area contributed by atoms with Crippen molar-refractivity contribution in [3.8, 4) is 0 Å². The minimum absolute atomic E-state index is 0.201. The number of amides is 1. The summed E-state index contributed by atoms with van der Waals surface area (Å²) in [4.78, 5) is 16.5. The van der Waals surface area contributed by atoms with Gasteiger partial charge in [-0.1, -0.05) is 17.7 Å². The molecule has 0 unspecified atom stereocenters. The number of anilines is 1. The highest BCUT2D eigenvalue weighted by atomic mass is 79.9. The first-order valence-corrected chi connectivity index (χ1v) is 7.42. The number of nitrogens with zero attached hydrogens (tertiary/aromatic N) is 1. The van der Waals surface area contributed by atoms with Gasteiger partial charge in [-0.05, 0) is 58.4 Å². The summed E-state index contributed by atoms with van der Waals surface area (Å²) in [6.07, 6.45) is 1.74. The Morgan fingerprint density at radius 1 is 1.14 bits per heavy atom. The van der Waals surface area contributed by atoms with E-state index in [-0.39, 0.29) is 5.91 Å². The maximum atomic E-state index is 12.2. The Bertz CT molecular complexity index is 835. The molecule has 1 amide bonds. The number of halogens is 2. The summed E-state index contributed by atoms with van der Waals surface area (Å²) in [6.45, 7) is 0. The molecule has 0 saturated heterocycles. The number of rotatable bonds is 2. The van der Waals surface area contributed by atoms with Gasteiger partial charge in [-0.3, -0.25) is 9.78 Å². The second-order valence-electron chi connectivity index (χ2n) is 4.49. The number of fused-ring (bicyclic) bond motifs is 1. The minimum atomic E-state index is -0.201. The van der Waals surface area contributed by atoms with Crippen molar-refractivity contribution in [2.24, 2.45) is 0 Å². The van der Waals surface area contributed by atoms with Crippen molar-refractivity contribution in [3.05, 3.63) is 69.8 Å². The molecule has 1 aromatic heterocycles. The topological polar surface area (TPSA) is 42.0 Å². The van der Waals surface area contributed by atoms with Crippen LogP contribution in [-0.4, -0.2) is 10.9 Å². The van der Waals surface area contributed by atoms with Gasteiger partial charge in [0.15, 0.2) is 0 Å². The third-order valence-electron chi connectivity index (χ3n) is 3.04. The highest BCUT2D eigenvalue weighted by Gasteiger charge is 2.08. The minimum Gasteiger partial charge on any atom is -0.322 e. The van der Waals surface area contributed by atoms with E-state index in [9.17, 15) is 4.79 Å². The van der Waals surface area contributed by atoms with Crippen LogP contribution in [0.5, 0.6) is 0 Å². The van der Waals surface area contributed by atoms with Gasteiger partial charge in [0, 0.05) is 27.3 Å². The van der Waals surface area contributed by atoms with Crippen LogP contribution in [0.15, 0.2) is 59.2 Å². The second kappa shape index (κ2) is 5.84. The second-order valence-corrected chi connectivity index (χ2v) is 5.76. The Kier molecular flexibility index (Phi) is 3.90. The molecule has 2 aromatic carbocycles. The molecule has 0 fully saturated rings. The van der Waals surface area contributed by atoms with E-state index in [4.69, 9.17) is 11.6 Å². The lowest BCUT2D eigenvalue weighted by atomic mass is 10.1. The monoisotopic (exact) mass is 360 g/mol. The molecule has 0 aliphatic heterocycles. The first-order valence-electron chi connectivity index (χ1n) is 6.25. The van der Waals surface area contributed by atoms with Crippen molar-refractivity contribution in [1.29, 1.82) is 0 Å². The lowest BCUT2D eigenvalue weighted by Crippen LogP contribution is -2.11. The Morgan fingerprint density at radius 3 is 2.81 bits per heavy atom. The van der Waals surface area contributed by atoms with E-state index < -0.39 is 0 Å². The molecule has 104 valence electrons. The van der Waals surface area contributed by atoms with E-state index in [1.54, 1.807) is 24.4 Å². The van der Waals surface area contributed by atoms with Gasteiger partial charge in [-0.15, -0.1) is 0 Å². The molecule has 0 spiro atoms. The largest absolute Gasteiger partial charge is 0.322 e. The molecule has 0 saturated carbocycles. The van der Waals surface area contributed by atoms with E-state index in [1.807, 2.05) is 30.3 Å². The van der Waals surface area contributed by atoms with E-state index in [1.165, 1.54) is 0 Å². The third-order valence-corrected chi connectivity index (χ3v) is 4.28. The number of carbonyl (C=O) groups is 1. The molecular formula is C16H10BrClN2O. The summed E-state index contributed by atoms with van der Waals surface area (Å²) in [5, 5.41) is 4.34. The van der Waals surface area contributed by atoms with E-state index >= 15 is 0 Å². The third kappa shape index (κ3) is 3.06. The van der Waals surface area contributed by atoms with Crippen molar-refractivity contribution in [3.63, 3.8) is 0 Å². The standard InChI is InChI=1S/C16H10BrClN2O/c17-13-5-3-11(9-14(13)18)16(21)20-12-4-6-15-10(8-12)2-1-7-19-15/h1-9H,(H,20,21). The zero-order valence-electron chi connectivity index (χ0n) is 10.8. The first kappa shape index (κ1) is 14.0. The SMILES string of the molecule is O=C(Nc1ccc2ncccc2c1)c1ccc(Br)c(Cl)c1. The Morgan fingerprint density at radius 2 is 2.00 bits per heavy atom. The summed E-state index contributed by atoms with van der Waals surface area (Å²) in [6, 6.07) is 14.5. The van der Waals surface area contributed by atoms with Crippen LogP contribution in [0, 0.1) is 0 Å². The lowest BCUT2D eigenvalue weighted by Gasteiger charge is -2.07. The molecule has 5 heteroatoms. The average molecular weight is 362 g/mol. The molecule has 21 heavy (non-hydrogen) atoms. The van der Waals surface area contributed by atoms with Crippen LogP contribution in [0.2, 0.25) is 5.02 Å². The van der Waals surface area contributed by atoms with Crippen molar-refractivity contribution in [2.45, 2.75) is 0 Å². The summed E-state index contributed by atoms with van der Waals surface area (Å²) >= 11 is 9.31. The number of pyridine rings is 1. The van der Waals surface area contributed by atoms with Crippen molar-refractivity contribution in [2.75, 3.05) is 5.32 Å². The van der Waals surface area contributed by atoms with Crippen molar-refractivity contribution < 1.29 is 4.79 Å². The quantitative estimate of drug-likeness (QED) is 0.705. The predicted octanol–water partition coefficient (Wildman–Crippen LogP) is 4.90. The van der Waals surface area contributed by atoms with Gasteiger partial charge in [0.05, 0.1) is 10.5 Å². The van der Waals surface area contributed by atoms with E-state index in [0.29, 0.717) is 10.6 Å². The first-order chi connectivity index (χ1) is 10.1. The van der Waals surface area contributed by atoms with Crippen LogP contribution < -0.4 is 5.32 Å². The number of carbonyl (C=O) groups excluding carboxylic acids is 1. The van der Waals surface area contributed by atoms with Crippen LogP contribution in [0.4, 0.5) is 5.69 Å². The molecule has 3 rings (SSSR count). The van der Waals surface area contributed by atoms with Crippen molar-refractivity contribution in [1.82, 2.24) is 4.98 Å². The summed E-state index contributed by atoms with van der Waals surface area (Å²) in [5.74, 6) is -0.201. The molecule has 0 bridgehead atoms. The Hall–Kier alpha value is -1.91. The summed E-state index contributed by atoms with van der Waals surface area (Å²) in [7, 11) is 0. The van der Waals surface area contributed by atoms with Gasteiger partial charge < -0.3 is 5.32 Å². The zero-order valence-corrected chi connectivity index (χ0v) is 13.1. The molecule has 3 nitrogen and oxygen atoms in total. The molecular weight excluding hydrogens is 352 g/mol. The van der Waals surface area contributed by atoms with Gasteiger partial charge in [0.25, 0.3) is 5.91 Å². The average Bonchev–Trinajstić information content (AvgIpc) is 2.50.